The van der Waals surface area contributed by atoms with E-state index in [9.17, 15) is 4.21 Å². The third kappa shape index (κ3) is 5.91. The summed E-state index contributed by atoms with van der Waals surface area (Å²) in [5.41, 5.74) is 0. The normalized spacial score (nSPS) is 14.2. The molecule has 9 heavy (non-hydrogen) atoms. The molecular formula is C4H11NO3S. The van der Waals surface area contributed by atoms with Gasteiger partial charge in [0.1, 0.15) is 0 Å². The molecule has 0 saturated carbocycles. The molecule has 0 bridgehead atoms. The standard InChI is InChI=1S/C4H11NO3S/c1-5(3-4-6)8-9(2)7/h6H,3-4H2,1-2H3. The highest BCUT2D eigenvalue weighted by molar-refractivity contribution is 7.79. The number of rotatable bonds is 4. The molecule has 5 heteroatoms. The van der Waals surface area contributed by atoms with Crippen LogP contribution in [0.25, 0.3) is 0 Å². The third-order valence-corrected chi connectivity index (χ3v) is 1.11. The Hall–Kier alpha value is 0.0300. The molecule has 0 radical (unpaired) electrons. The minimum absolute atomic E-state index is 0.00764. The lowest BCUT2D eigenvalue weighted by Gasteiger charge is -2.10. The maximum absolute atomic E-state index is 10.3. The minimum atomic E-state index is -1.28. The summed E-state index contributed by atoms with van der Waals surface area (Å²) in [6.45, 7) is 0.382. The van der Waals surface area contributed by atoms with Crippen LogP contribution in [0.2, 0.25) is 0 Å². The Morgan fingerprint density at radius 2 is 2.33 bits per heavy atom. The van der Waals surface area contributed by atoms with E-state index in [1.54, 1.807) is 7.05 Å². The molecule has 0 saturated heterocycles. The van der Waals surface area contributed by atoms with E-state index in [1.165, 1.54) is 11.3 Å². The second kappa shape index (κ2) is 4.87. The van der Waals surface area contributed by atoms with Crippen LogP contribution in [0.5, 0.6) is 0 Å². The minimum Gasteiger partial charge on any atom is -0.395 e. The van der Waals surface area contributed by atoms with Crippen LogP contribution in [0.3, 0.4) is 0 Å². The number of nitrogens with zero attached hydrogens (tertiary/aromatic N) is 1. The van der Waals surface area contributed by atoms with Crippen LogP contribution in [0.1, 0.15) is 0 Å². The van der Waals surface area contributed by atoms with Crippen LogP contribution in [0, 0.1) is 0 Å². The first-order valence-electron chi connectivity index (χ1n) is 2.50. The summed E-state index contributed by atoms with van der Waals surface area (Å²) >= 11 is -1.28. The van der Waals surface area contributed by atoms with Gasteiger partial charge in [0.15, 0.2) is 11.1 Å². The van der Waals surface area contributed by atoms with E-state index in [0.717, 1.165) is 0 Å². The number of hydrogen-bond acceptors (Lipinski definition) is 4. The van der Waals surface area contributed by atoms with Crippen LogP contribution < -0.4 is 0 Å². The van der Waals surface area contributed by atoms with Crippen LogP contribution in [0.15, 0.2) is 0 Å². The summed E-state index contributed by atoms with van der Waals surface area (Å²) in [5, 5.41) is 9.66. The van der Waals surface area contributed by atoms with E-state index in [0.29, 0.717) is 6.54 Å². The topological polar surface area (TPSA) is 49.8 Å². The van der Waals surface area contributed by atoms with Crippen molar-refractivity contribution in [2.75, 3.05) is 26.5 Å². The molecule has 0 amide bonds. The van der Waals surface area contributed by atoms with Gasteiger partial charge in [0.05, 0.1) is 6.61 Å². The van der Waals surface area contributed by atoms with E-state index >= 15 is 0 Å². The van der Waals surface area contributed by atoms with Crippen LogP contribution in [-0.2, 0) is 15.4 Å². The van der Waals surface area contributed by atoms with Gasteiger partial charge >= 0.3 is 0 Å². The molecule has 0 heterocycles. The average molecular weight is 153 g/mol. The van der Waals surface area contributed by atoms with Crippen LogP contribution in [-0.4, -0.2) is 40.8 Å². The Morgan fingerprint density at radius 3 is 2.67 bits per heavy atom. The molecule has 56 valence electrons. The molecule has 1 unspecified atom stereocenters. The van der Waals surface area contributed by atoms with Gasteiger partial charge in [0.25, 0.3) is 0 Å². The number of hydroxylamine groups is 2. The molecule has 0 aliphatic heterocycles. The fraction of sp³-hybridized carbons (Fsp3) is 1.00. The van der Waals surface area contributed by atoms with E-state index in [4.69, 9.17) is 5.11 Å². The lowest BCUT2D eigenvalue weighted by molar-refractivity contribution is -0.0272. The molecule has 0 aliphatic rings. The van der Waals surface area contributed by atoms with Crippen molar-refractivity contribution in [2.24, 2.45) is 0 Å². The zero-order valence-electron chi connectivity index (χ0n) is 5.53. The number of hydrogen-bond donors (Lipinski definition) is 1. The Balaban J connectivity index is 3.26. The van der Waals surface area contributed by atoms with Gasteiger partial charge in [0, 0.05) is 19.8 Å². The maximum atomic E-state index is 10.3. The highest BCUT2D eigenvalue weighted by atomic mass is 32.2. The van der Waals surface area contributed by atoms with E-state index < -0.39 is 11.1 Å². The van der Waals surface area contributed by atoms with Gasteiger partial charge in [-0.1, -0.05) is 0 Å². The summed E-state index contributed by atoms with van der Waals surface area (Å²) in [6, 6.07) is 0. The molecule has 0 aromatic heterocycles. The molecule has 0 aromatic carbocycles. The second-order valence-corrected chi connectivity index (χ2v) is 2.50. The fourth-order valence-electron chi connectivity index (χ4n) is 0.357. The number of aliphatic hydroxyl groups excluding tert-OH is 1. The summed E-state index contributed by atoms with van der Waals surface area (Å²) in [6.07, 6.45) is 1.42. The summed E-state index contributed by atoms with van der Waals surface area (Å²) in [5.74, 6) is 0. The fourth-order valence-corrected chi connectivity index (χ4v) is 0.790. The summed E-state index contributed by atoms with van der Waals surface area (Å²) in [7, 11) is 1.61. The summed E-state index contributed by atoms with van der Waals surface area (Å²) < 4.78 is 14.9. The van der Waals surface area contributed by atoms with E-state index in [-0.39, 0.29) is 6.61 Å². The first kappa shape index (κ1) is 9.03. The molecule has 0 aliphatic carbocycles. The van der Waals surface area contributed by atoms with Crippen LogP contribution >= 0.6 is 0 Å². The highest BCUT2D eigenvalue weighted by Crippen LogP contribution is 1.85. The van der Waals surface area contributed by atoms with Crippen molar-refractivity contribution < 1.29 is 13.6 Å². The van der Waals surface area contributed by atoms with Crippen molar-refractivity contribution in [3.63, 3.8) is 0 Å². The Bertz CT molecular complexity index is 97.8. The maximum Gasteiger partial charge on any atom is 0.170 e. The smallest absolute Gasteiger partial charge is 0.170 e. The van der Waals surface area contributed by atoms with Crippen molar-refractivity contribution >= 4 is 11.1 Å². The van der Waals surface area contributed by atoms with Gasteiger partial charge in [0.2, 0.25) is 0 Å². The Morgan fingerprint density at radius 1 is 1.78 bits per heavy atom. The Kier molecular flexibility index (Phi) is 4.88. The van der Waals surface area contributed by atoms with Crippen LogP contribution in [0.4, 0.5) is 0 Å². The van der Waals surface area contributed by atoms with Crippen molar-refractivity contribution in [3.8, 4) is 0 Å². The molecule has 0 rings (SSSR count). The molecule has 4 nitrogen and oxygen atoms in total. The lowest BCUT2D eigenvalue weighted by Crippen LogP contribution is -2.23. The second-order valence-electron chi connectivity index (χ2n) is 1.55. The van der Waals surface area contributed by atoms with Gasteiger partial charge < -0.3 is 5.11 Å². The number of likely N-dealkylation sites (N-methyl/N-ethyl adjacent to an activating group) is 1. The first-order chi connectivity index (χ1) is 4.16. The molecule has 0 fully saturated rings. The summed E-state index contributed by atoms with van der Waals surface area (Å²) in [4.78, 5) is 0. The van der Waals surface area contributed by atoms with Gasteiger partial charge in [-0.25, -0.2) is 4.21 Å². The van der Waals surface area contributed by atoms with Crippen molar-refractivity contribution in [3.05, 3.63) is 0 Å². The zero-order chi connectivity index (χ0) is 7.28. The van der Waals surface area contributed by atoms with Gasteiger partial charge in [-0.05, 0) is 0 Å². The average Bonchev–Trinajstić information content (AvgIpc) is 1.63. The van der Waals surface area contributed by atoms with Crippen molar-refractivity contribution in [1.29, 1.82) is 0 Å². The predicted molar refractivity (Wildman–Crippen MR) is 34.9 cm³/mol. The molecule has 0 spiro atoms. The van der Waals surface area contributed by atoms with Crippen molar-refractivity contribution in [2.45, 2.75) is 0 Å². The van der Waals surface area contributed by atoms with Crippen molar-refractivity contribution in [1.82, 2.24) is 5.06 Å². The number of aliphatic hydroxyl groups is 1. The van der Waals surface area contributed by atoms with Gasteiger partial charge in [-0.15, -0.1) is 0 Å². The quantitative estimate of drug-likeness (QED) is 0.534. The first-order valence-corrected chi connectivity index (χ1v) is 3.99. The van der Waals surface area contributed by atoms with E-state index in [1.807, 2.05) is 0 Å². The SMILES string of the molecule is CN(CCO)OS(C)=O. The lowest BCUT2D eigenvalue weighted by atomic mass is 10.7. The molecule has 1 N–H and O–H groups in total. The highest BCUT2D eigenvalue weighted by Gasteiger charge is 1.97. The molecule has 1 atom stereocenters. The van der Waals surface area contributed by atoms with Gasteiger partial charge in [-0.3, -0.25) is 0 Å². The molecule has 0 aromatic rings. The molecular weight excluding hydrogens is 142 g/mol. The monoisotopic (exact) mass is 153 g/mol. The Labute approximate surface area is 57.0 Å². The largest absolute Gasteiger partial charge is 0.395 e. The third-order valence-electron chi connectivity index (χ3n) is 0.647. The zero-order valence-corrected chi connectivity index (χ0v) is 6.35. The predicted octanol–water partition coefficient (Wildman–Crippen LogP) is -0.864. The van der Waals surface area contributed by atoms with E-state index in [2.05, 4.69) is 4.28 Å². The van der Waals surface area contributed by atoms with Gasteiger partial charge in [-0.2, -0.15) is 9.35 Å².